The van der Waals surface area contributed by atoms with Crippen LogP contribution < -0.4 is 5.32 Å². The van der Waals surface area contributed by atoms with Gasteiger partial charge in [0.1, 0.15) is 5.01 Å². The molecule has 1 N–H and O–H groups in total. The summed E-state index contributed by atoms with van der Waals surface area (Å²) in [4.78, 5) is 6.23. The van der Waals surface area contributed by atoms with Crippen LogP contribution in [-0.4, -0.2) is 26.8 Å². The van der Waals surface area contributed by atoms with Crippen molar-refractivity contribution in [1.29, 1.82) is 0 Å². The average Bonchev–Trinajstić information content (AvgIpc) is 2.71. The van der Waals surface area contributed by atoms with Crippen LogP contribution in [0.3, 0.4) is 0 Å². The van der Waals surface area contributed by atoms with Gasteiger partial charge in [0.05, 0.1) is 10.9 Å². The van der Waals surface area contributed by atoms with Crippen LogP contribution in [0.5, 0.6) is 0 Å². The number of aromatic nitrogens is 1. The van der Waals surface area contributed by atoms with Crippen LogP contribution in [0.2, 0.25) is 0 Å². The van der Waals surface area contributed by atoms with Crippen molar-refractivity contribution < 1.29 is 0 Å². The number of hydrogen-bond acceptors (Lipinski definition) is 5. The maximum absolute atomic E-state index is 4.84. The van der Waals surface area contributed by atoms with Gasteiger partial charge in [-0.25, -0.2) is 4.98 Å². The monoisotopic (exact) mass is 330 g/mol. The summed E-state index contributed by atoms with van der Waals surface area (Å²) < 4.78 is 0. The van der Waals surface area contributed by atoms with E-state index in [0.717, 1.165) is 17.0 Å². The average molecular weight is 331 g/mol. The Hall–Kier alpha value is 0.290. The van der Waals surface area contributed by atoms with Gasteiger partial charge in [0.25, 0.3) is 0 Å². The molecule has 0 radical (unpaired) electrons. The minimum absolute atomic E-state index is 0.163. The molecule has 0 amide bonds. The van der Waals surface area contributed by atoms with E-state index in [1.807, 2.05) is 11.3 Å². The maximum atomic E-state index is 4.84. The van der Waals surface area contributed by atoms with Crippen LogP contribution in [0.1, 0.15) is 55.4 Å². The summed E-state index contributed by atoms with van der Waals surface area (Å²) in [5.41, 5.74) is 1.37. The number of thioether (sulfide) groups is 2. The molecular weight excluding hydrogens is 304 g/mol. The lowest BCUT2D eigenvalue weighted by Gasteiger charge is -2.30. The number of aryl methyl sites for hydroxylation is 1. The molecule has 0 aromatic carbocycles. The highest BCUT2D eigenvalue weighted by atomic mass is 32.2. The van der Waals surface area contributed by atoms with Crippen LogP contribution in [0.25, 0.3) is 0 Å². The molecule has 1 aromatic rings. The van der Waals surface area contributed by atoms with E-state index in [2.05, 4.69) is 70.4 Å². The Morgan fingerprint density at radius 1 is 1.25 bits per heavy atom. The normalized spacial score (nSPS) is 27.8. The molecule has 0 aliphatic carbocycles. The Balaban J connectivity index is 2.03. The molecule has 20 heavy (non-hydrogen) atoms. The summed E-state index contributed by atoms with van der Waals surface area (Å²) in [5, 5.41) is 6.96. The Bertz CT molecular complexity index is 450. The minimum Gasteiger partial charge on any atom is -0.307 e. The van der Waals surface area contributed by atoms with Gasteiger partial charge < -0.3 is 5.32 Å². The van der Waals surface area contributed by atoms with E-state index in [1.165, 1.54) is 21.3 Å². The molecule has 0 saturated carbocycles. The van der Waals surface area contributed by atoms with Crippen molar-refractivity contribution in [2.75, 3.05) is 5.75 Å². The second-order valence-electron chi connectivity index (χ2n) is 6.53. The SMILES string of the molecule is Cc1nc(C2CSC(C)C(C)S2)sc1CNC(C)(C)C. The van der Waals surface area contributed by atoms with Crippen molar-refractivity contribution in [1.82, 2.24) is 10.3 Å². The maximum Gasteiger partial charge on any atom is 0.107 e. The quantitative estimate of drug-likeness (QED) is 0.873. The Kier molecular flexibility index (Phi) is 5.49. The van der Waals surface area contributed by atoms with Gasteiger partial charge >= 0.3 is 0 Å². The van der Waals surface area contributed by atoms with E-state index in [-0.39, 0.29) is 5.54 Å². The second kappa shape index (κ2) is 6.59. The van der Waals surface area contributed by atoms with E-state index in [4.69, 9.17) is 4.98 Å². The summed E-state index contributed by atoms with van der Waals surface area (Å²) in [7, 11) is 0. The molecule has 3 atom stereocenters. The fourth-order valence-electron chi connectivity index (χ4n) is 2.01. The molecule has 2 rings (SSSR count). The van der Waals surface area contributed by atoms with E-state index in [1.54, 1.807) is 0 Å². The smallest absolute Gasteiger partial charge is 0.107 e. The molecule has 0 spiro atoms. The van der Waals surface area contributed by atoms with Crippen molar-refractivity contribution >= 4 is 34.9 Å². The minimum atomic E-state index is 0.163. The third kappa shape index (κ3) is 4.39. The third-order valence-electron chi connectivity index (χ3n) is 3.51. The van der Waals surface area contributed by atoms with Crippen molar-refractivity contribution in [3.8, 4) is 0 Å². The summed E-state index contributed by atoms with van der Waals surface area (Å²) in [6.45, 7) is 14.4. The Labute approximate surface area is 135 Å². The molecule has 1 aliphatic heterocycles. The largest absolute Gasteiger partial charge is 0.307 e. The fraction of sp³-hybridized carbons (Fsp3) is 0.800. The van der Waals surface area contributed by atoms with Gasteiger partial charge in [0.15, 0.2) is 0 Å². The highest BCUT2D eigenvalue weighted by Crippen LogP contribution is 2.45. The van der Waals surface area contributed by atoms with Gasteiger partial charge in [0, 0.05) is 33.2 Å². The lowest BCUT2D eigenvalue weighted by Crippen LogP contribution is -2.34. The molecule has 1 saturated heterocycles. The topological polar surface area (TPSA) is 24.9 Å². The van der Waals surface area contributed by atoms with Crippen LogP contribution in [0.4, 0.5) is 0 Å². The molecule has 114 valence electrons. The highest BCUT2D eigenvalue weighted by molar-refractivity contribution is 8.07. The first-order valence-corrected chi connectivity index (χ1v) is 10.1. The molecule has 1 aliphatic rings. The van der Waals surface area contributed by atoms with Gasteiger partial charge in [-0.05, 0) is 27.7 Å². The van der Waals surface area contributed by atoms with E-state index >= 15 is 0 Å². The van der Waals surface area contributed by atoms with Gasteiger partial charge in [-0.15, -0.1) is 23.1 Å². The van der Waals surface area contributed by atoms with Gasteiger partial charge in [0.2, 0.25) is 0 Å². The summed E-state index contributed by atoms with van der Waals surface area (Å²) in [5.74, 6) is 1.20. The fourth-order valence-corrected chi connectivity index (χ4v) is 6.21. The molecule has 1 aromatic heterocycles. The molecule has 2 heterocycles. The number of thiazole rings is 1. The first-order chi connectivity index (χ1) is 9.26. The van der Waals surface area contributed by atoms with Crippen LogP contribution >= 0.6 is 34.9 Å². The zero-order valence-electron chi connectivity index (χ0n) is 13.3. The van der Waals surface area contributed by atoms with E-state index in [9.17, 15) is 0 Å². The molecule has 5 heteroatoms. The highest BCUT2D eigenvalue weighted by Gasteiger charge is 2.29. The van der Waals surface area contributed by atoms with Crippen molar-refractivity contribution in [2.45, 2.75) is 69.4 Å². The summed E-state index contributed by atoms with van der Waals surface area (Å²) in [6, 6.07) is 0. The Morgan fingerprint density at radius 2 is 1.95 bits per heavy atom. The van der Waals surface area contributed by atoms with Crippen LogP contribution in [0, 0.1) is 6.92 Å². The lowest BCUT2D eigenvalue weighted by molar-refractivity contribution is 0.425. The van der Waals surface area contributed by atoms with Crippen molar-refractivity contribution in [2.24, 2.45) is 0 Å². The molecule has 1 fully saturated rings. The van der Waals surface area contributed by atoms with Crippen LogP contribution in [0.15, 0.2) is 0 Å². The predicted molar refractivity (Wildman–Crippen MR) is 95.2 cm³/mol. The second-order valence-corrected chi connectivity index (χ2v) is 10.6. The summed E-state index contributed by atoms with van der Waals surface area (Å²) >= 11 is 6.09. The predicted octanol–water partition coefficient (Wildman–Crippen LogP) is 4.64. The standard InChI is InChI=1S/C15H26N2S3/c1-9-12(7-16-15(4,5)6)20-14(17-9)13-8-18-10(2)11(3)19-13/h10-11,13,16H,7-8H2,1-6H3. The van der Waals surface area contributed by atoms with Gasteiger partial charge in [-0.1, -0.05) is 13.8 Å². The van der Waals surface area contributed by atoms with E-state index in [0.29, 0.717) is 5.25 Å². The molecule has 0 bridgehead atoms. The molecule has 2 nitrogen and oxygen atoms in total. The van der Waals surface area contributed by atoms with Crippen LogP contribution in [-0.2, 0) is 6.54 Å². The van der Waals surface area contributed by atoms with Crippen molar-refractivity contribution in [3.63, 3.8) is 0 Å². The number of nitrogens with one attached hydrogen (secondary N) is 1. The first kappa shape index (κ1) is 16.7. The Morgan fingerprint density at radius 3 is 2.55 bits per heavy atom. The number of hydrogen-bond donors (Lipinski definition) is 1. The lowest BCUT2D eigenvalue weighted by atomic mass is 10.1. The molecule has 3 unspecified atom stereocenters. The van der Waals surface area contributed by atoms with Gasteiger partial charge in [-0.3, -0.25) is 0 Å². The molecular formula is C15H26N2S3. The summed E-state index contributed by atoms with van der Waals surface area (Å²) in [6.07, 6.45) is 0. The van der Waals surface area contributed by atoms with E-state index < -0.39 is 0 Å². The van der Waals surface area contributed by atoms with Gasteiger partial charge in [-0.2, -0.15) is 11.8 Å². The first-order valence-electron chi connectivity index (χ1n) is 7.24. The number of nitrogens with zero attached hydrogens (tertiary/aromatic N) is 1. The zero-order chi connectivity index (χ0) is 14.9. The zero-order valence-corrected chi connectivity index (χ0v) is 15.8. The third-order valence-corrected chi connectivity index (χ3v) is 8.33. The number of rotatable bonds is 3. The van der Waals surface area contributed by atoms with Crippen molar-refractivity contribution in [3.05, 3.63) is 15.6 Å².